The minimum Gasteiger partial charge on any atom is -0.481 e. The van der Waals surface area contributed by atoms with Gasteiger partial charge >= 0.3 is 12.0 Å². The van der Waals surface area contributed by atoms with Crippen molar-refractivity contribution in [3.8, 4) is 0 Å². The number of amides is 2. The van der Waals surface area contributed by atoms with Gasteiger partial charge in [0.25, 0.3) is 0 Å². The van der Waals surface area contributed by atoms with E-state index in [1.54, 1.807) is 6.92 Å². The molecule has 0 bridgehead atoms. The molecule has 0 radical (unpaired) electrons. The minimum atomic E-state index is -3.39. The highest BCUT2D eigenvalue weighted by molar-refractivity contribution is 7.89. The lowest BCUT2D eigenvalue weighted by molar-refractivity contribution is -0.138. The summed E-state index contributed by atoms with van der Waals surface area (Å²) in [5.41, 5.74) is -0.425. The zero-order valence-corrected chi connectivity index (χ0v) is 13.7. The van der Waals surface area contributed by atoms with Crippen LogP contribution < -0.4 is 15.4 Å². The quantitative estimate of drug-likeness (QED) is 0.505. The first-order chi connectivity index (χ1) is 9.48. The number of carboxylic acid groups (broad SMARTS) is 1. The molecule has 0 aliphatic carbocycles. The number of carboxylic acids is 1. The van der Waals surface area contributed by atoms with Crippen molar-refractivity contribution in [1.82, 2.24) is 15.4 Å². The average molecular weight is 323 g/mol. The molecule has 0 aromatic heterocycles. The number of carbonyl (C=O) groups is 2. The zero-order chi connectivity index (χ0) is 16.7. The summed E-state index contributed by atoms with van der Waals surface area (Å²) in [4.78, 5) is 22.5. The summed E-state index contributed by atoms with van der Waals surface area (Å²) in [6.45, 7) is 7.35. The van der Waals surface area contributed by atoms with Crippen molar-refractivity contribution >= 4 is 22.0 Å². The lowest BCUT2D eigenvalue weighted by atomic mass is 9.85. The van der Waals surface area contributed by atoms with Gasteiger partial charge in [0, 0.05) is 19.1 Å². The monoisotopic (exact) mass is 323 g/mol. The molecule has 0 fully saturated rings. The van der Waals surface area contributed by atoms with E-state index in [2.05, 4.69) is 15.4 Å². The number of aliphatic carboxylic acids is 1. The van der Waals surface area contributed by atoms with E-state index in [0.717, 1.165) is 0 Å². The molecule has 0 rings (SSSR count). The van der Waals surface area contributed by atoms with E-state index in [9.17, 15) is 18.0 Å². The molecule has 8 nitrogen and oxygen atoms in total. The van der Waals surface area contributed by atoms with Crippen LogP contribution in [0.3, 0.4) is 0 Å². The van der Waals surface area contributed by atoms with Gasteiger partial charge in [-0.2, -0.15) is 0 Å². The SMILES string of the molecule is CCNS(=O)(=O)CCNC(=O)NC(CC(=O)O)C(C)(C)C. The summed E-state index contributed by atoms with van der Waals surface area (Å²) >= 11 is 0. The van der Waals surface area contributed by atoms with Gasteiger partial charge in [-0.25, -0.2) is 17.9 Å². The smallest absolute Gasteiger partial charge is 0.315 e. The van der Waals surface area contributed by atoms with Crippen LogP contribution in [0.5, 0.6) is 0 Å². The number of nitrogens with one attached hydrogen (secondary N) is 3. The fourth-order valence-corrected chi connectivity index (χ4v) is 2.50. The van der Waals surface area contributed by atoms with Crippen LogP contribution in [0, 0.1) is 5.41 Å². The second-order valence-corrected chi connectivity index (χ2v) is 7.66. The van der Waals surface area contributed by atoms with E-state index < -0.39 is 33.5 Å². The highest BCUT2D eigenvalue weighted by Gasteiger charge is 2.28. The fourth-order valence-electron chi connectivity index (χ4n) is 1.55. The lowest BCUT2D eigenvalue weighted by Crippen LogP contribution is -2.49. The normalized spacial score (nSPS) is 13.5. The number of urea groups is 1. The van der Waals surface area contributed by atoms with Gasteiger partial charge in [0.1, 0.15) is 0 Å². The Bertz CT molecular complexity index is 456. The molecule has 124 valence electrons. The standard InChI is InChI=1S/C12H25N3O5S/c1-5-14-21(19,20)7-6-13-11(18)15-9(8-10(16)17)12(2,3)4/h9,14H,5-8H2,1-4H3,(H,16,17)(H2,13,15,18). The first-order valence-electron chi connectivity index (χ1n) is 6.71. The van der Waals surface area contributed by atoms with E-state index in [-0.39, 0.29) is 18.7 Å². The maximum atomic E-state index is 11.7. The molecule has 1 unspecified atom stereocenters. The molecule has 2 amide bonds. The Labute approximate surface area is 125 Å². The Balaban J connectivity index is 4.37. The van der Waals surface area contributed by atoms with Gasteiger partial charge in [-0.1, -0.05) is 27.7 Å². The van der Waals surface area contributed by atoms with E-state index in [1.165, 1.54) is 0 Å². The molecule has 21 heavy (non-hydrogen) atoms. The van der Waals surface area contributed by atoms with E-state index in [4.69, 9.17) is 5.11 Å². The Morgan fingerprint density at radius 3 is 2.24 bits per heavy atom. The number of carbonyl (C=O) groups excluding carboxylic acids is 1. The minimum absolute atomic E-state index is 0.0505. The first-order valence-corrected chi connectivity index (χ1v) is 8.36. The number of sulfonamides is 1. The number of hydrogen-bond donors (Lipinski definition) is 4. The van der Waals surface area contributed by atoms with Crippen LogP contribution in [0.1, 0.15) is 34.1 Å². The maximum absolute atomic E-state index is 11.7. The molecule has 0 aromatic rings. The molecular weight excluding hydrogens is 298 g/mol. The van der Waals surface area contributed by atoms with Crippen molar-refractivity contribution in [2.45, 2.75) is 40.2 Å². The van der Waals surface area contributed by atoms with Crippen LogP contribution in [0.4, 0.5) is 4.79 Å². The Hall–Kier alpha value is -1.35. The van der Waals surface area contributed by atoms with Crippen molar-refractivity contribution in [2.24, 2.45) is 5.41 Å². The van der Waals surface area contributed by atoms with Crippen LogP contribution in [0.2, 0.25) is 0 Å². The number of hydrogen-bond acceptors (Lipinski definition) is 4. The maximum Gasteiger partial charge on any atom is 0.315 e. The lowest BCUT2D eigenvalue weighted by Gasteiger charge is -2.30. The molecule has 1 atom stereocenters. The predicted octanol–water partition coefficient (Wildman–Crippen LogP) is 0.114. The second kappa shape index (κ2) is 8.18. The summed E-state index contributed by atoms with van der Waals surface area (Å²) < 4.78 is 25.1. The van der Waals surface area contributed by atoms with Crippen LogP contribution >= 0.6 is 0 Å². The predicted molar refractivity (Wildman–Crippen MR) is 79.5 cm³/mol. The van der Waals surface area contributed by atoms with Gasteiger partial charge in [0.15, 0.2) is 0 Å². The van der Waals surface area contributed by atoms with Gasteiger partial charge in [-0.3, -0.25) is 4.79 Å². The van der Waals surface area contributed by atoms with Crippen molar-refractivity contribution in [3.05, 3.63) is 0 Å². The molecule has 0 heterocycles. The summed E-state index contributed by atoms with van der Waals surface area (Å²) in [5.74, 6) is -1.24. The third kappa shape index (κ3) is 9.24. The second-order valence-electron chi connectivity index (χ2n) is 5.73. The van der Waals surface area contributed by atoms with Crippen LogP contribution in [-0.2, 0) is 14.8 Å². The Kier molecular flexibility index (Phi) is 7.65. The average Bonchev–Trinajstić information content (AvgIpc) is 2.25. The molecule has 0 saturated heterocycles. The fraction of sp³-hybridized carbons (Fsp3) is 0.833. The summed E-state index contributed by atoms with van der Waals surface area (Å²) in [6, 6.07) is -1.14. The van der Waals surface area contributed by atoms with Gasteiger partial charge in [0.2, 0.25) is 10.0 Å². The zero-order valence-electron chi connectivity index (χ0n) is 12.9. The molecule has 0 saturated carbocycles. The van der Waals surface area contributed by atoms with Crippen molar-refractivity contribution in [1.29, 1.82) is 0 Å². The van der Waals surface area contributed by atoms with Gasteiger partial charge in [-0.05, 0) is 5.41 Å². The molecule has 0 spiro atoms. The number of rotatable bonds is 8. The third-order valence-corrected chi connectivity index (χ3v) is 4.22. The van der Waals surface area contributed by atoms with Gasteiger partial charge in [-0.15, -0.1) is 0 Å². The van der Waals surface area contributed by atoms with E-state index >= 15 is 0 Å². The molecular formula is C12H25N3O5S. The summed E-state index contributed by atoms with van der Waals surface area (Å²) in [5, 5.41) is 13.8. The molecule has 9 heteroatoms. The van der Waals surface area contributed by atoms with Crippen molar-refractivity contribution < 1.29 is 23.1 Å². The van der Waals surface area contributed by atoms with Crippen LogP contribution in [0.25, 0.3) is 0 Å². The van der Waals surface area contributed by atoms with Gasteiger partial charge < -0.3 is 15.7 Å². The Morgan fingerprint density at radius 1 is 1.24 bits per heavy atom. The van der Waals surface area contributed by atoms with Crippen molar-refractivity contribution in [2.75, 3.05) is 18.8 Å². The molecule has 0 aliphatic rings. The molecule has 0 aliphatic heterocycles. The highest BCUT2D eigenvalue weighted by Crippen LogP contribution is 2.21. The van der Waals surface area contributed by atoms with Crippen LogP contribution in [0.15, 0.2) is 0 Å². The third-order valence-electron chi connectivity index (χ3n) is 2.75. The largest absolute Gasteiger partial charge is 0.481 e. The Morgan fingerprint density at radius 2 is 1.81 bits per heavy atom. The molecule has 0 aromatic carbocycles. The van der Waals surface area contributed by atoms with E-state index in [0.29, 0.717) is 6.54 Å². The molecule has 4 N–H and O–H groups in total. The van der Waals surface area contributed by atoms with E-state index in [1.807, 2.05) is 20.8 Å². The van der Waals surface area contributed by atoms with Crippen LogP contribution in [-0.4, -0.2) is 50.4 Å². The summed E-state index contributed by atoms with van der Waals surface area (Å²) in [7, 11) is -3.39. The highest BCUT2D eigenvalue weighted by atomic mass is 32.2. The summed E-state index contributed by atoms with van der Waals surface area (Å²) in [6.07, 6.45) is -0.202. The van der Waals surface area contributed by atoms with Gasteiger partial charge in [0.05, 0.1) is 12.2 Å². The first kappa shape index (κ1) is 19.7. The van der Waals surface area contributed by atoms with Crippen molar-refractivity contribution in [3.63, 3.8) is 0 Å². The topological polar surface area (TPSA) is 125 Å².